The summed E-state index contributed by atoms with van der Waals surface area (Å²) in [5.41, 5.74) is 1.56. The summed E-state index contributed by atoms with van der Waals surface area (Å²) in [7, 11) is -2.89. The summed E-state index contributed by atoms with van der Waals surface area (Å²) in [6, 6.07) is 4.48. The number of nitrogens with zero attached hydrogens (tertiary/aromatic N) is 1. The van der Waals surface area contributed by atoms with Crippen molar-refractivity contribution in [3.8, 4) is 0 Å². The van der Waals surface area contributed by atoms with E-state index in [1.54, 1.807) is 6.07 Å². The molecule has 1 atom stereocenters. The van der Waals surface area contributed by atoms with Crippen LogP contribution in [0.15, 0.2) is 18.2 Å². The topological polar surface area (TPSA) is 61.2 Å². The fourth-order valence-corrected chi connectivity index (χ4v) is 4.69. The van der Waals surface area contributed by atoms with Gasteiger partial charge in [-0.05, 0) is 30.0 Å². The fraction of sp³-hybridized carbons (Fsp3) is 0.462. The molecule has 0 amide bonds. The van der Waals surface area contributed by atoms with Crippen molar-refractivity contribution in [2.45, 2.75) is 13.0 Å². The molecule has 1 fully saturated rings. The van der Waals surface area contributed by atoms with E-state index in [2.05, 4.69) is 0 Å². The number of nitrogens with one attached hydrogen (secondary N) is 1. The van der Waals surface area contributed by atoms with Gasteiger partial charge in [0.25, 0.3) is 0 Å². The van der Waals surface area contributed by atoms with Gasteiger partial charge in [0, 0.05) is 18.7 Å². The highest BCUT2D eigenvalue weighted by Crippen LogP contribution is 2.27. The molecule has 1 aromatic carbocycles. The van der Waals surface area contributed by atoms with Gasteiger partial charge in [-0.3, -0.25) is 5.41 Å². The van der Waals surface area contributed by atoms with E-state index in [-0.39, 0.29) is 23.2 Å². The predicted molar refractivity (Wildman–Crippen MR) is 70.4 cm³/mol. The number of sulfone groups is 1. The highest BCUT2D eigenvalue weighted by molar-refractivity contribution is 7.91. The van der Waals surface area contributed by atoms with Crippen molar-refractivity contribution >= 4 is 15.7 Å². The van der Waals surface area contributed by atoms with Crippen LogP contribution in [-0.2, 0) is 16.4 Å². The molecule has 0 aromatic heterocycles. The molecule has 2 aliphatic rings. The minimum absolute atomic E-state index is 0.0875. The Morgan fingerprint density at radius 2 is 2.21 bits per heavy atom. The van der Waals surface area contributed by atoms with Crippen LogP contribution < -0.4 is 0 Å². The zero-order valence-electron chi connectivity index (χ0n) is 10.4. The molecular formula is C13H15FN2O2S. The molecule has 1 saturated heterocycles. The number of amidine groups is 1. The van der Waals surface area contributed by atoms with E-state index in [0.717, 1.165) is 5.56 Å². The van der Waals surface area contributed by atoms with Gasteiger partial charge in [0.1, 0.15) is 11.7 Å². The average molecular weight is 282 g/mol. The zero-order valence-corrected chi connectivity index (χ0v) is 11.2. The van der Waals surface area contributed by atoms with Gasteiger partial charge in [-0.2, -0.15) is 0 Å². The molecule has 4 nitrogen and oxygen atoms in total. The highest BCUT2D eigenvalue weighted by Gasteiger charge is 2.32. The molecule has 1 unspecified atom stereocenters. The first-order chi connectivity index (χ1) is 8.94. The van der Waals surface area contributed by atoms with Crippen molar-refractivity contribution in [3.63, 3.8) is 0 Å². The van der Waals surface area contributed by atoms with Gasteiger partial charge in [-0.15, -0.1) is 0 Å². The summed E-state index contributed by atoms with van der Waals surface area (Å²) in [6.45, 7) is 1.14. The predicted octanol–water partition coefficient (Wildman–Crippen LogP) is 1.40. The number of fused-ring (bicyclic) bond motifs is 1. The molecule has 0 aliphatic carbocycles. The maximum absolute atomic E-state index is 13.2. The van der Waals surface area contributed by atoms with Crippen LogP contribution in [0.1, 0.15) is 17.5 Å². The quantitative estimate of drug-likeness (QED) is 0.892. The SMILES string of the molecule is N=C1c2cc(F)ccc2CN1CC1CCS(=O)(=O)C1. The molecule has 2 aliphatic heterocycles. The molecule has 3 rings (SSSR count). The van der Waals surface area contributed by atoms with E-state index in [1.807, 2.05) is 4.90 Å². The van der Waals surface area contributed by atoms with Crippen molar-refractivity contribution in [1.29, 1.82) is 5.41 Å². The number of hydrogen-bond acceptors (Lipinski definition) is 3. The minimum atomic E-state index is -2.89. The highest BCUT2D eigenvalue weighted by atomic mass is 32.2. The lowest BCUT2D eigenvalue weighted by Gasteiger charge is -2.21. The second-order valence-corrected chi connectivity index (χ2v) is 7.53. The van der Waals surface area contributed by atoms with Crippen molar-refractivity contribution in [2.24, 2.45) is 5.92 Å². The molecule has 0 saturated carbocycles. The number of benzene rings is 1. The molecular weight excluding hydrogens is 267 g/mol. The van der Waals surface area contributed by atoms with E-state index in [9.17, 15) is 12.8 Å². The summed E-state index contributed by atoms with van der Waals surface area (Å²) < 4.78 is 36.0. The molecule has 0 bridgehead atoms. The Labute approximate surface area is 111 Å². The Bertz CT molecular complexity index is 642. The van der Waals surface area contributed by atoms with Crippen LogP contribution in [0.5, 0.6) is 0 Å². The van der Waals surface area contributed by atoms with Crippen molar-refractivity contribution in [1.82, 2.24) is 4.90 Å². The molecule has 2 heterocycles. The van der Waals surface area contributed by atoms with Crippen LogP contribution >= 0.6 is 0 Å². The molecule has 1 N–H and O–H groups in total. The van der Waals surface area contributed by atoms with Crippen LogP contribution in [0.2, 0.25) is 0 Å². The monoisotopic (exact) mass is 282 g/mol. The lowest BCUT2D eigenvalue weighted by atomic mass is 10.1. The second kappa shape index (κ2) is 4.30. The standard InChI is InChI=1S/C13H15FN2O2S/c14-11-2-1-10-7-16(13(15)12(10)5-11)6-9-3-4-19(17,18)8-9/h1-2,5,9,15H,3-4,6-8H2. The van der Waals surface area contributed by atoms with E-state index >= 15 is 0 Å². The Hall–Kier alpha value is -1.43. The number of halogens is 1. The summed E-state index contributed by atoms with van der Waals surface area (Å²) >= 11 is 0. The zero-order chi connectivity index (χ0) is 13.6. The second-order valence-electron chi connectivity index (χ2n) is 5.30. The first kappa shape index (κ1) is 12.6. The summed E-state index contributed by atoms with van der Waals surface area (Å²) in [5, 5.41) is 8.06. The van der Waals surface area contributed by atoms with Crippen molar-refractivity contribution < 1.29 is 12.8 Å². The fourth-order valence-electron chi connectivity index (χ4n) is 2.85. The van der Waals surface area contributed by atoms with Gasteiger partial charge < -0.3 is 4.90 Å². The lowest BCUT2D eigenvalue weighted by molar-refractivity contribution is 0.359. The van der Waals surface area contributed by atoms with E-state index in [4.69, 9.17) is 5.41 Å². The third-order valence-electron chi connectivity index (χ3n) is 3.81. The Morgan fingerprint density at radius 1 is 1.42 bits per heavy atom. The maximum Gasteiger partial charge on any atom is 0.150 e. The first-order valence-corrected chi connectivity index (χ1v) is 8.09. The Morgan fingerprint density at radius 3 is 2.89 bits per heavy atom. The van der Waals surface area contributed by atoms with E-state index in [1.165, 1.54) is 12.1 Å². The van der Waals surface area contributed by atoms with Crippen LogP contribution in [0, 0.1) is 17.1 Å². The van der Waals surface area contributed by atoms with E-state index in [0.29, 0.717) is 30.9 Å². The van der Waals surface area contributed by atoms with Crippen LogP contribution in [0.3, 0.4) is 0 Å². The van der Waals surface area contributed by atoms with Gasteiger partial charge in [0.15, 0.2) is 9.84 Å². The van der Waals surface area contributed by atoms with Gasteiger partial charge in [-0.25, -0.2) is 12.8 Å². The van der Waals surface area contributed by atoms with Gasteiger partial charge in [0.2, 0.25) is 0 Å². The van der Waals surface area contributed by atoms with Gasteiger partial charge in [0.05, 0.1) is 11.5 Å². The van der Waals surface area contributed by atoms with Crippen LogP contribution in [0.4, 0.5) is 4.39 Å². The third kappa shape index (κ3) is 2.36. The molecule has 0 radical (unpaired) electrons. The minimum Gasteiger partial charge on any atom is -0.352 e. The maximum atomic E-state index is 13.2. The Kier molecular flexibility index (Phi) is 2.85. The molecule has 102 valence electrons. The van der Waals surface area contributed by atoms with Gasteiger partial charge in [-0.1, -0.05) is 6.07 Å². The van der Waals surface area contributed by atoms with Crippen LogP contribution in [-0.4, -0.2) is 37.2 Å². The summed E-state index contributed by atoms with van der Waals surface area (Å²) in [5.74, 6) is 0.513. The average Bonchev–Trinajstić information content (AvgIpc) is 2.82. The molecule has 6 heteroatoms. The largest absolute Gasteiger partial charge is 0.352 e. The van der Waals surface area contributed by atoms with Crippen molar-refractivity contribution in [3.05, 3.63) is 35.1 Å². The number of rotatable bonds is 2. The molecule has 19 heavy (non-hydrogen) atoms. The third-order valence-corrected chi connectivity index (χ3v) is 5.65. The number of hydrogen-bond donors (Lipinski definition) is 1. The van der Waals surface area contributed by atoms with E-state index < -0.39 is 9.84 Å². The summed E-state index contributed by atoms with van der Waals surface area (Å²) in [6.07, 6.45) is 0.664. The Balaban J connectivity index is 1.74. The molecule has 1 aromatic rings. The smallest absolute Gasteiger partial charge is 0.150 e. The molecule has 0 spiro atoms. The normalized spacial score (nSPS) is 24.8. The van der Waals surface area contributed by atoms with Crippen molar-refractivity contribution in [2.75, 3.05) is 18.1 Å². The lowest BCUT2D eigenvalue weighted by Crippen LogP contribution is -2.30. The summed E-state index contributed by atoms with van der Waals surface area (Å²) in [4.78, 5) is 1.84. The van der Waals surface area contributed by atoms with Crippen LogP contribution in [0.25, 0.3) is 0 Å². The van der Waals surface area contributed by atoms with Gasteiger partial charge >= 0.3 is 0 Å². The first-order valence-electron chi connectivity index (χ1n) is 6.27.